The summed E-state index contributed by atoms with van der Waals surface area (Å²) in [6.07, 6.45) is 0.638. The highest BCUT2D eigenvalue weighted by molar-refractivity contribution is 5.92. The second kappa shape index (κ2) is 11.3. The van der Waals surface area contributed by atoms with Gasteiger partial charge < -0.3 is 19.5 Å². The molecule has 0 saturated heterocycles. The van der Waals surface area contributed by atoms with Gasteiger partial charge in [-0.15, -0.1) is 0 Å². The molecule has 1 N–H and O–H groups in total. The molecule has 33 heavy (non-hydrogen) atoms. The first-order valence-electron chi connectivity index (χ1n) is 10.7. The summed E-state index contributed by atoms with van der Waals surface area (Å²) < 4.78 is 32.4. The number of amides is 3. The van der Waals surface area contributed by atoms with Crippen LogP contribution >= 0.6 is 0 Å². The first-order chi connectivity index (χ1) is 15.8. The zero-order valence-electron chi connectivity index (χ0n) is 18.7. The van der Waals surface area contributed by atoms with Crippen molar-refractivity contribution >= 4 is 17.6 Å². The molecule has 0 aliphatic carbocycles. The number of benzene rings is 2. The van der Waals surface area contributed by atoms with E-state index in [2.05, 4.69) is 5.32 Å². The lowest BCUT2D eigenvalue weighted by atomic mass is 10.2. The fraction of sp³-hybridized carbons (Fsp3) is 0.280. The number of hydrogen-bond acceptors (Lipinski definition) is 3. The van der Waals surface area contributed by atoms with Gasteiger partial charge in [-0.3, -0.25) is 4.79 Å². The number of halogens is 2. The van der Waals surface area contributed by atoms with E-state index in [9.17, 15) is 18.4 Å². The Morgan fingerprint density at radius 3 is 2.33 bits per heavy atom. The van der Waals surface area contributed by atoms with Crippen LogP contribution in [0.25, 0.3) is 0 Å². The van der Waals surface area contributed by atoms with E-state index >= 15 is 0 Å². The van der Waals surface area contributed by atoms with Crippen LogP contribution in [0.5, 0.6) is 0 Å². The molecule has 0 aliphatic heterocycles. The fourth-order valence-corrected chi connectivity index (χ4v) is 3.36. The summed E-state index contributed by atoms with van der Waals surface area (Å²) in [5.41, 5.74) is 1.06. The quantitative estimate of drug-likeness (QED) is 0.474. The summed E-state index contributed by atoms with van der Waals surface area (Å²) >= 11 is 0. The number of aryl methyl sites for hydroxylation is 1. The number of furan rings is 1. The van der Waals surface area contributed by atoms with Crippen LogP contribution in [0.2, 0.25) is 0 Å². The van der Waals surface area contributed by atoms with Crippen molar-refractivity contribution in [2.45, 2.75) is 33.4 Å². The summed E-state index contributed by atoms with van der Waals surface area (Å²) in [7, 11) is 0. The molecule has 0 bridgehead atoms. The zero-order valence-corrected chi connectivity index (χ0v) is 18.7. The summed E-state index contributed by atoms with van der Waals surface area (Å²) in [6.45, 7) is 4.32. The minimum atomic E-state index is -0.494. The molecule has 0 fully saturated rings. The predicted octanol–water partition coefficient (Wildman–Crippen LogP) is 5.34. The van der Waals surface area contributed by atoms with Gasteiger partial charge in [-0.05, 0) is 61.4 Å². The molecule has 0 unspecified atom stereocenters. The standard InChI is InChI=1S/C25H27F2N3O3/c1-3-13-29(25(32)28-22-6-4-5-21(27)14-22)17-24(31)30(16-23-12-7-18(2)33-23)15-19-8-10-20(26)11-9-19/h4-12,14H,3,13,15-17H2,1-2H3,(H,28,32). The molecular formula is C25H27F2N3O3. The SMILES string of the molecule is CCCN(CC(=O)N(Cc1ccc(F)cc1)Cc1ccc(C)o1)C(=O)Nc1cccc(F)c1. The highest BCUT2D eigenvalue weighted by atomic mass is 19.1. The summed E-state index contributed by atoms with van der Waals surface area (Å²) in [5.74, 6) is 0.207. The second-order valence-corrected chi connectivity index (χ2v) is 7.75. The molecule has 0 atom stereocenters. The normalized spacial score (nSPS) is 10.7. The van der Waals surface area contributed by atoms with Gasteiger partial charge in [0.25, 0.3) is 0 Å². The lowest BCUT2D eigenvalue weighted by Crippen LogP contribution is -2.44. The molecule has 3 rings (SSSR count). The number of urea groups is 1. The van der Waals surface area contributed by atoms with Crippen LogP contribution in [-0.2, 0) is 17.9 Å². The number of nitrogens with zero attached hydrogens (tertiary/aromatic N) is 2. The topological polar surface area (TPSA) is 65.8 Å². The van der Waals surface area contributed by atoms with Crippen LogP contribution in [-0.4, -0.2) is 34.8 Å². The number of carbonyl (C=O) groups is 2. The molecular weight excluding hydrogens is 428 g/mol. The Morgan fingerprint density at radius 2 is 1.70 bits per heavy atom. The molecule has 1 aromatic heterocycles. The van der Waals surface area contributed by atoms with E-state index < -0.39 is 11.8 Å². The van der Waals surface area contributed by atoms with E-state index in [0.717, 1.165) is 11.3 Å². The van der Waals surface area contributed by atoms with E-state index in [4.69, 9.17) is 4.42 Å². The Balaban J connectivity index is 1.75. The van der Waals surface area contributed by atoms with E-state index in [0.29, 0.717) is 24.4 Å². The largest absolute Gasteiger partial charge is 0.464 e. The van der Waals surface area contributed by atoms with Crippen molar-refractivity contribution in [3.63, 3.8) is 0 Å². The van der Waals surface area contributed by atoms with Crippen molar-refractivity contribution < 1.29 is 22.8 Å². The molecule has 3 amide bonds. The van der Waals surface area contributed by atoms with Gasteiger partial charge in [-0.1, -0.05) is 25.1 Å². The lowest BCUT2D eigenvalue weighted by Gasteiger charge is -2.27. The first kappa shape index (κ1) is 24.0. The van der Waals surface area contributed by atoms with Gasteiger partial charge >= 0.3 is 6.03 Å². The van der Waals surface area contributed by atoms with Gasteiger partial charge in [0, 0.05) is 18.8 Å². The molecule has 3 aromatic rings. The van der Waals surface area contributed by atoms with Crippen LogP contribution in [0, 0.1) is 18.6 Å². The first-order valence-corrected chi connectivity index (χ1v) is 10.7. The molecule has 1 heterocycles. The maximum absolute atomic E-state index is 13.5. The predicted molar refractivity (Wildman–Crippen MR) is 121 cm³/mol. The fourth-order valence-electron chi connectivity index (χ4n) is 3.36. The minimum absolute atomic E-state index is 0.171. The zero-order chi connectivity index (χ0) is 23.8. The Hall–Kier alpha value is -3.68. The lowest BCUT2D eigenvalue weighted by molar-refractivity contribution is -0.133. The van der Waals surface area contributed by atoms with Crippen molar-refractivity contribution in [2.24, 2.45) is 0 Å². The van der Waals surface area contributed by atoms with Gasteiger partial charge in [0.05, 0.1) is 6.54 Å². The van der Waals surface area contributed by atoms with E-state index in [1.54, 1.807) is 29.2 Å². The molecule has 8 heteroatoms. The average molecular weight is 456 g/mol. The highest BCUT2D eigenvalue weighted by Gasteiger charge is 2.22. The van der Waals surface area contributed by atoms with E-state index in [1.807, 2.05) is 19.9 Å². The maximum Gasteiger partial charge on any atom is 0.322 e. The van der Waals surface area contributed by atoms with E-state index in [1.165, 1.54) is 35.2 Å². The van der Waals surface area contributed by atoms with E-state index in [-0.39, 0.29) is 31.4 Å². The van der Waals surface area contributed by atoms with Gasteiger partial charge in [0.1, 0.15) is 29.7 Å². The third-order valence-electron chi connectivity index (χ3n) is 4.96. The van der Waals surface area contributed by atoms with Crippen molar-refractivity contribution in [1.82, 2.24) is 9.80 Å². The van der Waals surface area contributed by atoms with Crippen LogP contribution in [0.15, 0.2) is 65.1 Å². The van der Waals surface area contributed by atoms with Crippen molar-refractivity contribution in [2.75, 3.05) is 18.4 Å². The Morgan fingerprint density at radius 1 is 0.939 bits per heavy atom. The van der Waals surface area contributed by atoms with Crippen LogP contribution < -0.4 is 5.32 Å². The molecule has 0 spiro atoms. The molecule has 0 radical (unpaired) electrons. The molecule has 0 saturated carbocycles. The number of hydrogen-bond donors (Lipinski definition) is 1. The van der Waals surface area contributed by atoms with Gasteiger partial charge in [0.2, 0.25) is 5.91 Å². The molecule has 2 aromatic carbocycles. The van der Waals surface area contributed by atoms with Gasteiger partial charge in [-0.25, -0.2) is 13.6 Å². The smallest absolute Gasteiger partial charge is 0.322 e. The third-order valence-corrected chi connectivity index (χ3v) is 4.96. The number of nitrogens with one attached hydrogen (secondary N) is 1. The number of rotatable bonds is 9. The summed E-state index contributed by atoms with van der Waals surface area (Å²) in [5, 5.41) is 2.64. The van der Waals surface area contributed by atoms with Crippen molar-refractivity contribution in [3.05, 3.63) is 89.4 Å². The van der Waals surface area contributed by atoms with Crippen LogP contribution in [0.3, 0.4) is 0 Å². The minimum Gasteiger partial charge on any atom is -0.464 e. The van der Waals surface area contributed by atoms with Crippen molar-refractivity contribution in [1.29, 1.82) is 0 Å². The molecule has 6 nitrogen and oxygen atoms in total. The Bertz CT molecular complexity index is 1080. The van der Waals surface area contributed by atoms with Crippen molar-refractivity contribution in [3.8, 4) is 0 Å². The molecule has 0 aliphatic rings. The third kappa shape index (κ3) is 7.17. The Kier molecular flexibility index (Phi) is 8.18. The number of carbonyl (C=O) groups excluding carboxylic acids is 2. The highest BCUT2D eigenvalue weighted by Crippen LogP contribution is 2.15. The van der Waals surface area contributed by atoms with Gasteiger partial charge in [-0.2, -0.15) is 0 Å². The maximum atomic E-state index is 13.5. The monoisotopic (exact) mass is 455 g/mol. The van der Waals surface area contributed by atoms with Crippen LogP contribution in [0.4, 0.5) is 19.3 Å². The molecule has 174 valence electrons. The van der Waals surface area contributed by atoms with Crippen LogP contribution in [0.1, 0.15) is 30.4 Å². The summed E-state index contributed by atoms with van der Waals surface area (Å²) in [6, 6.07) is 14.6. The second-order valence-electron chi connectivity index (χ2n) is 7.75. The number of anilines is 1. The van der Waals surface area contributed by atoms with Gasteiger partial charge in [0.15, 0.2) is 0 Å². The average Bonchev–Trinajstić information content (AvgIpc) is 3.19. The summed E-state index contributed by atoms with van der Waals surface area (Å²) in [4.78, 5) is 29.0. The Labute approximate surface area is 191 Å².